The summed E-state index contributed by atoms with van der Waals surface area (Å²) in [7, 11) is 1.57. The predicted molar refractivity (Wildman–Crippen MR) is 75.0 cm³/mol. The van der Waals surface area contributed by atoms with Crippen LogP contribution in [0.25, 0.3) is 0 Å². The summed E-state index contributed by atoms with van der Waals surface area (Å²) >= 11 is 3.32. The minimum absolute atomic E-state index is 0.0911. The van der Waals surface area contributed by atoms with Crippen LogP contribution in [0.4, 0.5) is 0 Å². The van der Waals surface area contributed by atoms with Crippen molar-refractivity contribution in [2.45, 2.75) is 19.6 Å². The molecule has 5 nitrogen and oxygen atoms in total. The van der Waals surface area contributed by atoms with Gasteiger partial charge in [0.1, 0.15) is 5.75 Å². The Labute approximate surface area is 121 Å². The minimum Gasteiger partial charge on any atom is -0.481 e. The SMILES string of the molecule is COCCNC(=O)C(C)Oc1ccc(Br)c(CO)c1. The molecule has 2 N–H and O–H groups in total. The third-order valence-electron chi connectivity index (χ3n) is 2.48. The molecule has 0 radical (unpaired) electrons. The molecule has 1 unspecified atom stereocenters. The molecule has 0 aliphatic rings. The Morgan fingerprint density at radius 1 is 1.53 bits per heavy atom. The highest BCUT2D eigenvalue weighted by molar-refractivity contribution is 9.10. The van der Waals surface area contributed by atoms with Gasteiger partial charge in [0.15, 0.2) is 6.10 Å². The number of aliphatic hydroxyl groups excluding tert-OH is 1. The van der Waals surface area contributed by atoms with E-state index < -0.39 is 6.10 Å². The molecule has 19 heavy (non-hydrogen) atoms. The number of aliphatic hydroxyl groups is 1. The van der Waals surface area contributed by atoms with E-state index in [4.69, 9.17) is 14.6 Å². The fourth-order valence-corrected chi connectivity index (χ4v) is 1.80. The van der Waals surface area contributed by atoms with Gasteiger partial charge in [-0.25, -0.2) is 0 Å². The van der Waals surface area contributed by atoms with Crippen molar-refractivity contribution in [3.8, 4) is 5.75 Å². The quantitative estimate of drug-likeness (QED) is 0.742. The van der Waals surface area contributed by atoms with Gasteiger partial charge < -0.3 is 19.9 Å². The maximum atomic E-state index is 11.7. The Morgan fingerprint density at radius 2 is 2.26 bits per heavy atom. The molecule has 0 spiro atoms. The van der Waals surface area contributed by atoms with Crippen LogP contribution in [-0.4, -0.2) is 37.4 Å². The van der Waals surface area contributed by atoms with E-state index in [1.165, 1.54) is 0 Å². The van der Waals surface area contributed by atoms with E-state index in [1.54, 1.807) is 32.2 Å². The van der Waals surface area contributed by atoms with Gasteiger partial charge in [-0.3, -0.25) is 4.79 Å². The van der Waals surface area contributed by atoms with Crippen LogP contribution in [0.1, 0.15) is 12.5 Å². The van der Waals surface area contributed by atoms with E-state index in [2.05, 4.69) is 21.2 Å². The summed E-state index contributed by atoms with van der Waals surface area (Å²) in [6.45, 7) is 2.49. The first-order valence-corrected chi connectivity index (χ1v) is 6.70. The number of halogens is 1. The third kappa shape index (κ3) is 5.18. The van der Waals surface area contributed by atoms with E-state index in [-0.39, 0.29) is 12.5 Å². The zero-order chi connectivity index (χ0) is 14.3. The highest BCUT2D eigenvalue weighted by Crippen LogP contribution is 2.23. The number of ether oxygens (including phenoxy) is 2. The summed E-state index contributed by atoms with van der Waals surface area (Å²) in [6.07, 6.45) is -0.607. The van der Waals surface area contributed by atoms with Crippen LogP contribution >= 0.6 is 15.9 Å². The lowest BCUT2D eigenvalue weighted by atomic mass is 10.2. The molecule has 0 saturated carbocycles. The van der Waals surface area contributed by atoms with Gasteiger partial charge in [0.25, 0.3) is 5.91 Å². The van der Waals surface area contributed by atoms with Gasteiger partial charge in [0.05, 0.1) is 13.2 Å². The molecule has 0 aromatic heterocycles. The molecule has 0 fully saturated rings. The average Bonchev–Trinajstić information content (AvgIpc) is 2.41. The van der Waals surface area contributed by atoms with Crippen molar-refractivity contribution < 1.29 is 19.4 Å². The zero-order valence-corrected chi connectivity index (χ0v) is 12.6. The normalized spacial score (nSPS) is 12.0. The summed E-state index contributed by atoms with van der Waals surface area (Å²) in [6, 6.07) is 5.21. The number of carbonyl (C=O) groups is 1. The molecule has 1 aromatic rings. The number of amides is 1. The number of rotatable bonds is 7. The number of hydrogen-bond donors (Lipinski definition) is 2. The molecule has 1 amide bonds. The lowest BCUT2D eigenvalue weighted by Gasteiger charge is -2.15. The zero-order valence-electron chi connectivity index (χ0n) is 11.0. The third-order valence-corrected chi connectivity index (χ3v) is 3.25. The summed E-state index contributed by atoms with van der Waals surface area (Å²) < 4.78 is 11.2. The van der Waals surface area contributed by atoms with Gasteiger partial charge in [-0.05, 0) is 30.7 Å². The van der Waals surface area contributed by atoms with E-state index in [0.717, 1.165) is 4.47 Å². The van der Waals surface area contributed by atoms with Crippen LogP contribution in [0.3, 0.4) is 0 Å². The van der Waals surface area contributed by atoms with Crippen molar-refractivity contribution in [1.29, 1.82) is 0 Å². The Hall–Kier alpha value is -1.11. The molecule has 0 bridgehead atoms. The maximum absolute atomic E-state index is 11.7. The van der Waals surface area contributed by atoms with Crippen molar-refractivity contribution in [2.75, 3.05) is 20.3 Å². The van der Waals surface area contributed by atoms with Crippen molar-refractivity contribution in [3.05, 3.63) is 28.2 Å². The van der Waals surface area contributed by atoms with Gasteiger partial charge in [0.2, 0.25) is 0 Å². The number of hydrogen-bond acceptors (Lipinski definition) is 4. The first-order valence-electron chi connectivity index (χ1n) is 5.91. The molecular formula is C13H18BrNO4. The topological polar surface area (TPSA) is 67.8 Å². The fourth-order valence-electron chi connectivity index (χ4n) is 1.42. The monoisotopic (exact) mass is 331 g/mol. The Morgan fingerprint density at radius 3 is 2.89 bits per heavy atom. The Balaban J connectivity index is 2.56. The molecule has 0 heterocycles. The van der Waals surface area contributed by atoms with E-state index in [9.17, 15) is 4.79 Å². The molecule has 0 saturated heterocycles. The molecule has 1 rings (SSSR count). The molecule has 0 aliphatic carbocycles. The lowest BCUT2D eigenvalue weighted by molar-refractivity contribution is -0.127. The Kier molecular flexibility index (Phi) is 6.83. The van der Waals surface area contributed by atoms with Crippen LogP contribution in [0, 0.1) is 0 Å². The summed E-state index contributed by atoms with van der Waals surface area (Å²) in [5.41, 5.74) is 0.712. The van der Waals surface area contributed by atoms with Crippen molar-refractivity contribution in [3.63, 3.8) is 0 Å². The number of nitrogens with one attached hydrogen (secondary N) is 1. The highest BCUT2D eigenvalue weighted by Gasteiger charge is 2.14. The van der Waals surface area contributed by atoms with Crippen LogP contribution in [-0.2, 0) is 16.1 Å². The van der Waals surface area contributed by atoms with Gasteiger partial charge >= 0.3 is 0 Å². The molecule has 106 valence electrons. The van der Waals surface area contributed by atoms with Crippen LogP contribution in [0.2, 0.25) is 0 Å². The molecular weight excluding hydrogens is 314 g/mol. The number of methoxy groups -OCH3 is 1. The van der Waals surface area contributed by atoms with Gasteiger partial charge in [-0.1, -0.05) is 15.9 Å². The van der Waals surface area contributed by atoms with Crippen molar-refractivity contribution >= 4 is 21.8 Å². The number of carbonyl (C=O) groups excluding carboxylic acids is 1. The summed E-state index contributed by atoms with van der Waals surface area (Å²) in [4.78, 5) is 11.7. The van der Waals surface area contributed by atoms with Crippen molar-refractivity contribution in [1.82, 2.24) is 5.32 Å². The van der Waals surface area contributed by atoms with Crippen LogP contribution in [0.15, 0.2) is 22.7 Å². The lowest BCUT2D eigenvalue weighted by Crippen LogP contribution is -2.37. The van der Waals surface area contributed by atoms with Crippen LogP contribution in [0.5, 0.6) is 5.75 Å². The second kappa shape index (κ2) is 8.14. The summed E-state index contributed by atoms with van der Waals surface area (Å²) in [5.74, 6) is 0.340. The van der Waals surface area contributed by atoms with Gasteiger partial charge in [0, 0.05) is 18.1 Å². The Bertz CT molecular complexity index is 425. The van der Waals surface area contributed by atoms with Gasteiger partial charge in [-0.2, -0.15) is 0 Å². The smallest absolute Gasteiger partial charge is 0.260 e. The first-order chi connectivity index (χ1) is 9.08. The van der Waals surface area contributed by atoms with Crippen molar-refractivity contribution in [2.24, 2.45) is 0 Å². The predicted octanol–water partition coefficient (Wildman–Crippen LogP) is 1.47. The fraction of sp³-hybridized carbons (Fsp3) is 0.462. The number of benzene rings is 1. The van der Waals surface area contributed by atoms with Gasteiger partial charge in [-0.15, -0.1) is 0 Å². The largest absolute Gasteiger partial charge is 0.481 e. The molecule has 1 atom stereocenters. The highest BCUT2D eigenvalue weighted by atomic mass is 79.9. The van der Waals surface area contributed by atoms with E-state index >= 15 is 0 Å². The molecule has 6 heteroatoms. The summed E-state index contributed by atoms with van der Waals surface area (Å²) in [5, 5.41) is 11.8. The average molecular weight is 332 g/mol. The second-order valence-electron chi connectivity index (χ2n) is 3.96. The second-order valence-corrected chi connectivity index (χ2v) is 4.81. The first kappa shape index (κ1) is 15.9. The maximum Gasteiger partial charge on any atom is 0.260 e. The van der Waals surface area contributed by atoms with E-state index in [1.807, 2.05) is 0 Å². The van der Waals surface area contributed by atoms with Crippen LogP contribution < -0.4 is 10.1 Å². The standard InChI is InChI=1S/C13H18BrNO4/c1-9(13(17)15-5-6-18-2)19-11-3-4-12(14)10(7-11)8-16/h3-4,7,9,16H,5-6,8H2,1-2H3,(H,15,17). The molecule has 0 aliphatic heterocycles. The molecule has 1 aromatic carbocycles. The minimum atomic E-state index is -0.607. The van der Waals surface area contributed by atoms with E-state index in [0.29, 0.717) is 24.5 Å².